The number of carbonyl (C=O) groups excluding carboxylic acids is 1. The van der Waals surface area contributed by atoms with Crippen LogP contribution in [0.25, 0.3) is 0 Å². The lowest BCUT2D eigenvalue weighted by Crippen LogP contribution is -2.37. The number of nitrogens with zero attached hydrogens (tertiary/aromatic N) is 2. The molecule has 23 heavy (non-hydrogen) atoms. The number of halogens is 2. The summed E-state index contributed by atoms with van der Waals surface area (Å²) in [5.41, 5.74) is -0.0187. The van der Waals surface area contributed by atoms with Crippen molar-refractivity contribution in [1.29, 1.82) is 0 Å². The number of rotatable bonds is 4. The molecule has 0 aliphatic carbocycles. The molecule has 1 aromatic carbocycles. The minimum atomic E-state index is -0.870. The van der Waals surface area contributed by atoms with Crippen molar-refractivity contribution < 1.29 is 19.1 Å². The van der Waals surface area contributed by atoms with Crippen molar-refractivity contribution in [3.05, 3.63) is 34.6 Å². The fourth-order valence-corrected chi connectivity index (χ4v) is 3.07. The first-order valence-corrected chi connectivity index (χ1v) is 7.92. The molecule has 1 aliphatic heterocycles. The number of hydrogen-bond donors (Lipinski definition) is 1. The van der Waals surface area contributed by atoms with Crippen LogP contribution < -0.4 is 0 Å². The van der Waals surface area contributed by atoms with Crippen molar-refractivity contribution in [1.82, 2.24) is 9.80 Å². The molecule has 0 saturated carbocycles. The van der Waals surface area contributed by atoms with Gasteiger partial charge in [0.2, 0.25) is 0 Å². The van der Waals surface area contributed by atoms with Crippen LogP contribution in [0.3, 0.4) is 0 Å². The largest absolute Gasteiger partial charge is 0.480 e. The number of amides is 1. The van der Waals surface area contributed by atoms with E-state index >= 15 is 0 Å². The lowest BCUT2D eigenvalue weighted by molar-refractivity contribution is -0.138. The molecule has 1 saturated heterocycles. The van der Waals surface area contributed by atoms with Crippen molar-refractivity contribution in [2.75, 3.05) is 26.7 Å². The van der Waals surface area contributed by atoms with Gasteiger partial charge in [-0.25, -0.2) is 4.39 Å². The lowest BCUT2D eigenvalue weighted by atomic mass is 10.1. The highest BCUT2D eigenvalue weighted by molar-refractivity contribution is 6.31. The third-order valence-corrected chi connectivity index (χ3v) is 4.39. The molecule has 0 spiro atoms. The first-order valence-electron chi connectivity index (χ1n) is 7.55. The molecule has 0 radical (unpaired) electrons. The molecule has 1 fully saturated rings. The summed E-state index contributed by atoms with van der Waals surface area (Å²) in [6, 6.07) is 4.05. The normalized spacial score (nSPS) is 18.8. The summed E-state index contributed by atoms with van der Waals surface area (Å²) in [5.74, 6) is -1.82. The summed E-state index contributed by atoms with van der Waals surface area (Å²) < 4.78 is 13.8. The Morgan fingerprint density at radius 2 is 2.13 bits per heavy atom. The van der Waals surface area contributed by atoms with E-state index < -0.39 is 11.8 Å². The Labute approximate surface area is 139 Å². The van der Waals surface area contributed by atoms with Crippen molar-refractivity contribution in [3.63, 3.8) is 0 Å². The van der Waals surface area contributed by atoms with Gasteiger partial charge in [-0.3, -0.25) is 14.5 Å². The van der Waals surface area contributed by atoms with E-state index in [1.807, 2.05) is 0 Å². The highest BCUT2D eigenvalue weighted by Crippen LogP contribution is 2.20. The van der Waals surface area contributed by atoms with Crippen LogP contribution in [0.15, 0.2) is 18.2 Å². The molecular weight excluding hydrogens is 323 g/mol. The van der Waals surface area contributed by atoms with Crippen molar-refractivity contribution in [2.24, 2.45) is 0 Å². The van der Waals surface area contributed by atoms with E-state index in [4.69, 9.17) is 16.7 Å². The Hall–Kier alpha value is -1.66. The number of carboxylic acids is 1. The second-order valence-corrected chi connectivity index (χ2v) is 6.25. The molecule has 1 heterocycles. The SMILES string of the molecule is CN(CC(=O)O)C1CCCN(C(=O)c2cc(Cl)ccc2F)CC1. The Morgan fingerprint density at radius 1 is 1.39 bits per heavy atom. The maximum atomic E-state index is 13.8. The number of carboxylic acid groups (broad SMARTS) is 1. The van der Waals surface area contributed by atoms with E-state index in [1.54, 1.807) is 16.8 Å². The van der Waals surface area contributed by atoms with Crippen LogP contribution in [0.5, 0.6) is 0 Å². The predicted molar refractivity (Wildman–Crippen MR) is 85.2 cm³/mol. The van der Waals surface area contributed by atoms with Gasteiger partial charge in [0.1, 0.15) is 5.82 Å². The van der Waals surface area contributed by atoms with Crippen molar-refractivity contribution >= 4 is 23.5 Å². The minimum absolute atomic E-state index is 0.0187. The van der Waals surface area contributed by atoms with Gasteiger partial charge in [0, 0.05) is 24.2 Å². The monoisotopic (exact) mass is 342 g/mol. The van der Waals surface area contributed by atoms with Gasteiger partial charge >= 0.3 is 5.97 Å². The Morgan fingerprint density at radius 3 is 2.83 bits per heavy atom. The van der Waals surface area contributed by atoms with Gasteiger partial charge in [-0.1, -0.05) is 11.6 Å². The second kappa shape index (κ2) is 7.75. The van der Waals surface area contributed by atoms with Crippen LogP contribution in [-0.2, 0) is 4.79 Å². The molecule has 7 heteroatoms. The summed E-state index contributed by atoms with van der Waals surface area (Å²) in [5, 5.41) is 9.19. The van der Waals surface area contributed by atoms with Gasteiger partial charge in [-0.15, -0.1) is 0 Å². The van der Waals surface area contributed by atoms with Gasteiger partial charge in [0.15, 0.2) is 0 Å². The quantitative estimate of drug-likeness (QED) is 0.913. The van der Waals surface area contributed by atoms with Crippen molar-refractivity contribution in [2.45, 2.75) is 25.3 Å². The van der Waals surface area contributed by atoms with Crippen molar-refractivity contribution in [3.8, 4) is 0 Å². The number of hydrogen-bond acceptors (Lipinski definition) is 3. The van der Waals surface area contributed by atoms with Crippen LogP contribution in [0.4, 0.5) is 4.39 Å². The number of benzene rings is 1. The highest BCUT2D eigenvalue weighted by Gasteiger charge is 2.25. The number of aliphatic carboxylic acids is 1. The van der Waals surface area contributed by atoms with Gasteiger partial charge in [0.05, 0.1) is 12.1 Å². The van der Waals surface area contributed by atoms with Crippen LogP contribution in [-0.4, -0.2) is 59.5 Å². The van der Waals surface area contributed by atoms with E-state index in [2.05, 4.69) is 0 Å². The standard InChI is InChI=1S/C16H20ClFN2O3/c1-19(10-15(21)22)12-3-2-7-20(8-6-12)16(23)13-9-11(17)4-5-14(13)18/h4-5,9,12H,2-3,6-8,10H2,1H3,(H,21,22). The molecule has 126 valence electrons. The first-order chi connectivity index (χ1) is 10.9. The third-order valence-electron chi connectivity index (χ3n) is 4.15. The second-order valence-electron chi connectivity index (χ2n) is 5.81. The van der Waals surface area contributed by atoms with Gasteiger partial charge in [0.25, 0.3) is 5.91 Å². The molecule has 1 unspecified atom stereocenters. The molecule has 1 aromatic rings. The number of carbonyl (C=O) groups is 2. The molecule has 1 amide bonds. The average Bonchev–Trinajstić information content (AvgIpc) is 2.74. The predicted octanol–water partition coefficient (Wildman–Crippen LogP) is 2.49. The molecule has 0 bridgehead atoms. The van der Waals surface area contributed by atoms with Gasteiger partial charge in [-0.2, -0.15) is 0 Å². The first kappa shape index (κ1) is 17.7. The topological polar surface area (TPSA) is 60.9 Å². The Kier molecular flexibility index (Phi) is 5.96. The number of likely N-dealkylation sites (N-methyl/N-ethyl adjacent to an activating group) is 1. The third kappa shape index (κ3) is 4.65. The molecule has 1 atom stereocenters. The van der Waals surface area contributed by atoms with Gasteiger partial charge < -0.3 is 10.0 Å². The molecule has 0 aromatic heterocycles. The van der Waals surface area contributed by atoms with Crippen LogP contribution in [0.1, 0.15) is 29.6 Å². The highest BCUT2D eigenvalue weighted by atomic mass is 35.5. The maximum absolute atomic E-state index is 13.8. The fourth-order valence-electron chi connectivity index (χ4n) is 2.90. The van der Waals surface area contributed by atoms with E-state index in [9.17, 15) is 14.0 Å². The summed E-state index contributed by atoms with van der Waals surface area (Å²) >= 11 is 5.85. The molecule has 5 nitrogen and oxygen atoms in total. The van der Waals surface area contributed by atoms with E-state index in [0.717, 1.165) is 12.8 Å². The molecule has 1 aliphatic rings. The zero-order chi connectivity index (χ0) is 17.0. The smallest absolute Gasteiger partial charge is 0.317 e. The average molecular weight is 343 g/mol. The zero-order valence-electron chi connectivity index (χ0n) is 13.0. The summed E-state index contributed by atoms with van der Waals surface area (Å²) in [4.78, 5) is 26.7. The number of likely N-dealkylation sites (tertiary alicyclic amines) is 1. The minimum Gasteiger partial charge on any atom is -0.480 e. The van der Waals surface area contributed by atoms with Crippen LogP contribution in [0, 0.1) is 5.82 Å². The van der Waals surface area contributed by atoms with Crippen LogP contribution in [0.2, 0.25) is 5.02 Å². The van der Waals surface area contributed by atoms with E-state index in [1.165, 1.54) is 18.2 Å². The molecular formula is C16H20ClFN2O3. The summed E-state index contributed by atoms with van der Waals surface area (Å²) in [7, 11) is 1.77. The lowest BCUT2D eigenvalue weighted by Gasteiger charge is -2.25. The Balaban J connectivity index is 2.04. The summed E-state index contributed by atoms with van der Waals surface area (Å²) in [6.45, 7) is 0.975. The fraction of sp³-hybridized carbons (Fsp3) is 0.500. The van der Waals surface area contributed by atoms with Crippen LogP contribution >= 0.6 is 11.6 Å². The molecule has 2 rings (SSSR count). The zero-order valence-corrected chi connectivity index (χ0v) is 13.7. The Bertz CT molecular complexity index is 597. The summed E-state index contributed by atoms with van der Waals surface area (Å²) in [6.07, 6.45) is 2.23. The molecule has 1 N–H and O–H groups in total. The van der Waals surface area contributed by atoms with E-state index in [-0.39, 0.29) is 24.1 Å². The van der Waals surface area contributed by atoms with Gasteiger partial charge in [-0.05, 0) is 44.5 Å². The van der Waals surface area contributed by atoms with E-state index in [0.29, 0.717) is 24.5 Å². The maximum Gasteiger partial charge on any atom is 0.317 e.